The molecule has 3 aromatic rings. The Morgan fingerprint density at radius 3 is 2.83 bits per heavy atom. The molecule has 1 aromatic carbocycles. The average Bonchev–Trinajstić information content (AvgIpc) is 2.99. The summed E-state index contributed by atoms with van der Waals surface area (Å²) in [6.45, 7) is 0.236. The van der Waals surface area contributed by atoms with Crippen molar-refractivity contribution in [2.45, 2.75) is 32.3 Å². The standard InChI is InChI=1S/C18H15N3O2S/c19-10-12-5-7-14(8-6-12)23-11-13-9-17(22)21-15-3-1-2-4-16(15)24-18(21)20-13/h5-9H,1-4,11H2. The summed E-state index contributed by atoms with van der Waals surface area (Å²) < 4.78 is 7.44. The number of aryl methyl sites for hydroxylation is 2. The van der Waals surface area contributed by atoms with Gasteiger partial charge < -0.3 is 4.74 Å². The van der Waals surface area contributed by atoms with Gasteiger partial charge in [-0.05, 0) is 49.9 Å². The molecule has 5 nitrogen and oxygen atoms in total. The molecular weight excluding hydrogens is 322 g/mol. The van der Waals surface area contributed by atoms with Crippen LogP contribution in [0.2, 0.25) is 0 Å². The van der Waals surface area contributed by atoms with Gasteiger partial charge in [-0.1, -0.05) is 0 Å². The van der Waals surface area contributed by atoms with Crippen molar-refractivity contribution in [3.8, 4) is 11.8 Å². The number of ether oxygens (including phenoxy) is 1. The molecular formula is C18H15N3O2S. The van der Waals surface area contributed by atoms with Crippen molar-refractivity contribution in [2.24, 2.45) is 0 Å². The fraction of sp³-hybridized carbons (Fsp3) is 0.278. The zero-order valence-corrected chi connectivity index (χ0v) is 13.8. The van der Waals surface area contributed by atoms with Crippen LogP contribution in [0.5, 0.6) is 5.75 Å². The van der Waals surface area contributed by atoms with Gasteiger partial charge in [-0.25, -0.2) is 4.98 Å². The number of hydrogen-bond acceptors (Lipinski definition) is 5. The van der Waals surface area contributed by atoms with Crippen LogP contribution in [0.1, 0.15) is 34.7 Å². The van der Waals surface area contributed by atoms with E-state index in [1.165, 1.54) is 11.3 Å². The molecule has 2 aromatic heterocycles. The second kappa shape index (κ2) is 6.10. The molecule has 6 heteroatoms. The van der Waals surface area contributed by atoms with E-state index in [4.69, 9.17) is 10.00 Å². The summed E-state index contributed by atoms with van der Waals surface area (Å²) in [5, 5.41) is 8.80. The van der Waals surface area contributed by atoms with E-state index in [1.54, 1.807) is 46.1 Å². The first-order valence-corrected chi connectivity index (χ1v) is 8.72. The van der Waals surface area contributed by atoms with Crippen LogP contribution in [-0.4, -0.2) is 9.38 Å². The van der Waals surface area contributed by atoms with Crippen molar-refractivity contribution in [3.63, 3.8) is 0 Å². The highest BCUT2D eigenvalue weighted by atomic mass is 32.1. The zero-order valence-electron chi connectivity index (χ0n) is 13.0. The molecule has 1 aliphatic rings. The van der Waals surface area contributed by atoms with Crippen molar-refractivity contribution in [3.05, 3.63) is 62.5 Å². The molecule has 0 atom stereocenters. The topological polar surface area (TPSA) is 67.4 Å². The molecule has 0 N–H and O–H groups in total. The number of hydrogen-bond donors (Lipinski definition) is 0. The third-order valence-corrected chi connectivity index (χ3v) is 5.33. The highest BCUT2D eigenvalue weighted by Crippen LogP contribution is 2.28. The Bertz CT molecular complexity index is 996. The molecule has 0 unspecified atom stereocenters. The van der Waals surface area contributed by atoms with Gasteiger partial charge in [0.1, 0.15) is 12.4 Å². The predicted molar refractivity (Wildman–Crippen MR) is 91.5 cm³/mol. The van der Waals surface area contributed by atoms with Crippen molar-refractivity contribution in [1.29, 1.82) is 5.26 Å². The molecule has 24 heavy (non-hydrogen) atoms. The highest BCUT2D eigenvalue weighted by Gasteiger charge is 2.18. The van der Waals surface area contributed by atoms with E-state index in [-0.39, 0.29) is 12.2 Å². The molecule has 2 heterocycles. The Morgan fingerprint density at radius 1 is 1.25 bits per heavy atom. The first kappa shape index (κ1) is 14.9. The molecule has 1 aliphatic carbocycles. The van der Waals surface area contributed by atoms with E-state index in [0.29, 0.717) is 17.0 Å². The van der Waals surface area contributed by atoms with Crippen molar-refractivity contribution < 1.29 is 4.74 Å². The van der Waals surface area contributed by atoms with Crippen molar-refractivity contribution in [2.75, 3.05) is 0 Å². The number of fused-ring (bicyclic) bond motifs is 3. The quantitative estimate of drug-likeness (QED) is 0.736. The van der Waals surface area contributed by atoms with Crippen LogP contribution in [0.4, 0.5) is 0 Å². The van der Waals surface area contributed by atoms with Gasteiger partial charge in [-0.15, -0.1) is 11.3 Å². The molecule has 0 spiro atoms. The molecule has 120 valence electrons. The average molecular weight is 337 g/mol. The Kier molecular flexibility index (Phi) is 3.79. The zero-order chi connectivity index (χ0) is 16.5. The van der Waals surface area contributed by atoms with Crippen molar-refractivity contribution >= 4 is 16.3 Å². The predicted octanol–water partition coefficient (Wildman–Crippen LogP) is 3.09. The first-order valence-electron chi connectivity index (χ1n) is 7.91. The van der Waals surface area contributed by atoms with Crippen molar-refractivity contribution in [1.82, 2.24) is 9.38 Å². The Balaban J connectivity index is 1.60. The van der Waals surface area contributed by atoms with E-state index in [0.717, 1.165) is 29.9 Å². The Labute approximate surface area is 142 Å². The molecule has 0 amide bonds. The van der Waals surface area contributed by atoms with E-state index in [9.17, 15) is 4.79 Å². The lowest BCUT2D eigenvalue weighted by molar-refractivity contribution is 0.301. The second-order valence-corrected chi connectivity index (χ2v) is 6.87. The molecule has 0 saturated heterocycles. The monoisotopic (exact) mass is 337 g/mol. The molecule has 0 radical (unpaired) electrons. The van der Waals surface area contributed by atoms with Crippen LogP contribution >= 0.6 is 11.3 Å². The van der Waals surface area contributed by atoms with Crippen LogP contribution in [0.25, 0.3) is 4.96 Å². The first-order chi connectivity index (χ1) is 11.7. The van der Waals surface area contributed by atoms with Gasteiger partial charge in [-0.3, -0.25) is 9.20 Å². The number of nitriles is 1. The van der Waals surface area contributed by atoms with Gasteiger partial charge in [0.25, 0.3) is 5.56 Å². The number of thiazole rings is 1. The maximum atomic E-state index is 12.5. The molecule has 0 aliphatic heterocycles. The van der Waals surface area contributed by atoms with Gasteiger partial charge >= 0.3 is 0 Å². The summed E-state index contributed by atoms with van der Waals surface area (Å²) in [5.74, 6) is 0.654. The molecule has 0 fully saturated rings. The van der Waals surface area contributed by atoms with Gasteiger partial charge in [-0.2, -0.15) is 5.26 Å². The van der Waals surface area contributed by atoms with Crippen LogP contribution < -0.4 is 10.3 Å². The number of nitrogens with zero attached hydrogens (tertiary/aromatic N) is 3. The van der Waals surface area contributed by atoms with Crippen LogP contribution in [-0.2, 0) is 19.4 Å². The van der Waals surface area contributed by atoms with E-state index < -0.39 is 0 Å². The lowest BCUT2D eigenvalue weighted by Gasteiger charge is -2.10. The molecule has 0 bridgehead atoms. The van der Waals surface area contributed by atoms with Gasteiger partial charge in [0.05, 0.1) is 17.3 Å². The maximum Gasteiger partial charge on any atom is 0.259 e. The normalized spacial score (nSPS) is 13.5. The number of aromatic nitrogens is 2. The summed E-state index contributed by atoms with van der Waals surface area (Å²) in [6, 6.07) is 10.5. The maximum absolute atomic E-state index is 12.5. The van der Waals surface area contributed by atoms with Crippen LogP contribution in [0.15, 0.2) is 35.1 Å². The van der Waals surface area contributed by atoms with Gasteiger partial charge in [0.2, 0.25) is 0 Å². The third-order valence-electron chi connectivity index (χ3n) is 4.18. The lowest BCUT2D eigenvalue weighted by Crippen LogP contribution is -2.18. The Morgan fingerprint density at radius 2 is 2.04 bits per heavy atom. The van der Waals surface area contributed by atoms with Crippen LogP contribution in [0, 0.1) is 11.3 Å². The van der Waals surface area contributed by atoms with E-state index >= 15 is 0 Å². The summed E-state index contributed by atoms with van der Waals surface area (Å²) in [7, 11) is 0. The Hall–Kier alpha value is -2.65. The van der Waals surface area contributed by atoms with Gasteiger partial charge in [0, 0.05) is 16.6 Å². The summed E-state index contributed by atoms with van der Waals surface area (Å²) >= 11 is 1.61. The minimum absolute atomic E-state index is 0.0298. The van der Waals surface area contributed by atoms with E-state index in [2.05, 4.69) is 11.1 Å². The molecule has 0 saturated carbocycles. The fourth-order valence-electron chi connectivity index (χ4n) is 3.00. The highest BCUT2D eigenvalue weighted by molar-refractivity contribution is 7.17. The third kappa shape index (κ3) is 2.68. The summed E-state index contributed by atoms with van der Waals surface area (Å²) in [6.07, 6.45) is 4.32. The smallest absolute Gasteiger partial charge is 0.259 e. The second-order valence-electron chi connectivity index (χ2n) is 5.81. The van der Waals surface area contributed by atoms with E-state index in [1.807, 2.05) is 0 Å². The minimum Gasteiger partial charge on any atom is -0.487 e. The number of rotatable bonds is 3. The fourth-order valence-corrected chi connectivity index (χ4v) is 4.23. The SMILES string of the molecule is N#Cc1ccc(OCc2cc(=O)n3c4c(sc3n2)CCCC4)cc1. The molecule has 4 rings (SSSR count). The minimum atomic E-state index is -0.0298. The van der Waals surface area contributed by atoms with Crippen LogP contribution in [0.3, 0.4) is 0 Å². The summed E-state index contributed by atoms with van der Waals surface area (Å²) in [5.41, 5.74) is 2.32. The number of benzene rings is 1. The van der Waals surface area contributed by atoms with Gasteiger partial charge in [0.15, 0.2) is 4.96 Å². The largest absolute Gasteiger partial charge is 0.487 e. The summed E-state index contributed by atoms with van der Waals surface area (Å²) in [4.78, 5) is 19.1. The lowest BCUT2D eigenvalue weighted by atomic mass is 10.0.